The number of rotatable bonds is 1. The number of anilines is 3. The van der Waals surface area contributed by atoms with Crippen molar-refractivity contribution in [1.82, 2.24) is 9.97 Å². The summed E-state index contributed by atoms with van der Waals surface area (Å²) in [5, 5.41) is 10.9. The molecule has 1 saturated carbocycles. The van der Waals surface area contributed by atoms with E-state index < -0.39 is 5.60 Å². The van der Waals surface area contributed by atoms with E-state index in [-0.39, 0.29) is 5.95 Å². The highest BCUT2D eigenvalue weighted by Crippen LogP contribution is 2.37. The Kier molecular flexibility index (Phi) is 4.03. The van der Waals surface area contributed by atoms with Crippen molar-refractivity contribution < 1.29 is 5.11 Å². The van der Waals surface area contributed by atoms with Gasteiger partial charge in [0.15, 0.2) is 5.82 Å². The van der Waals surface area contributed by atoms with Crippen molar-refractivity contribution in [2.75, 3.05) is 17.2 Å². The van der Waals surface area contributed by atoms with Crippen molar-refractivity contribution in [3.8, 4) is 11.8 Å². The molecule has 0 saturated heterocycles. The Bertz CT molecular complexity index is 881. The first-order valence-corrected chi connectivity index (χ1v) is 8.86. The first-order valence-electron chi connectivity index (χ1n) is 8.48. The van der Waals surface area contributed by atoms with E-state index in [1.807, 2.05) is 17.0 Å². The van der Waals surface area contributed by atoms with Crippen LogP contribution in [0, 0.1) is 11.8 Å². The van der Waals surface area contributed by atoms with E-state index in [0.29, 0.717) is 10.8 Å². The zero-order chi connectivity index (χ0) is 17.4. The molecule has 0 spiro atoms. The number of nitrogens with zero attached hydrogens (tertiary/aromatic N) is 3. The standard InChI is InChI=1S/C19H19ClN4O/c20-15-12-22-18(21)23-17(15)24-10-6-14-4-3-13(11-16(14)24)5-9-19(25)7-1-2-8-19/h3-4,11-12,25H,1-2,6-8,10H2,(H2,21,22,23). The van der Waals surface area contributed by atoms with Crippen molar-refractivity contribution in [3.63, 3.8) is 0 Å². The predicted octanol–water partition coefficient (Wildman–Crippen LogP) is 3.06. The number of hydrogen-bond acceptors (Lipinski definition) is 5. The monoisotopic (exact) mass is 354 g/mol. The van der Waals surface area contributed by atoms with E-state index in [1.54, 1.807) is 0 Å². The van der Waals surface area contributed by atoms with Crippen LogP contribution in [0.3, 0.4) is 0 Å². The summed E-state index contributed by atoms with van der Waals surface area (Å²) >= 11 is 6.26. The molecule has 1 aromatic heterocycles. The van der Waals surface area contributed by atoms with Gasteiger partial charge in [-0.3, -0.25) is 0 Å². The summed E-state index contributed by atoms with van der Waals surface area (Å²) in [6, 6.07) is 6.11. The van der Waals surface area contributed by atoms with Crippen molar-refractivity contribution >= 4 is 29.1 Å². The van der Waals surface area contributed by atoms with Gasteiger partial charge in [-0.15, -0.1) is 0 Å². The Hall–Kier alpha value is -2.29. The van der Waals surface area contributed by atoms with Crippen LogP contribution in [0.2, 0.25) is 5.02 Å². The van der Waals surface area contributed by atoms with Gasteiger partial charge >= 0.3 is 0 Å². The van der Waals surface area contributed by atoms with Gasteiger partial charge in [-0.05, 0) is 49.8 Å². The summed E-state index contributed by atoms with van der Waals surface area (Å²) < 4.78 is 0. The Balaban J connectivity index is 1.68. The number of fused-ring (bicyclic) bond motifs is 1. The fourth-order valence-electron chi connectivity index (χ4n) is 3.51. The van der Waals surface area contributed by atoms with Gasteiger partial charge in [-0.25, -0.2) is 4.98 Å². The van der Waals surface area contributed by atoms with Crippen molar-refractivity contribution in [2.24, 2.45) is 0 Å². The molecule has 0 atom stereocenters. The lowest BCUT2D eigenvalue weighted by Gasteiger charge is -2.19. The molecule has 2 aromatic rings. The highest BCUT2D eigenvalue weighted by Gasteiger charge is 2.29. The van der Waals surface area contributed by atoms with Crippen LogP contribution in [-0.4, -0.2) is 27.2 Å². The molecule has 0 amide bonds. The molecule has 0 unspecified atom stereocenters. The van der Waals surface area contributed by atoms with Crippen LogP contribution in [0.5, 0.6) is 0 Å². The first-order chi connectivity index (χ1) is 12.0. The van der Waals surface area contributed by atoms with Crippen molar-refractivity contribution in [3.05, 3.63) is 40.5 Å². The van der Waals surface area contributed by atoms with Crippen LogP contribution in [-0.2, 0) is 6.42 Å². The van der Waals surface area contributed by atoms with Crippen LogP contribution in [0.15, 0.2) is 24.4 Å². The topological polar surface area (TPSA) is 75.3 Å². The van der Waals surface area contributed by atoms with Gasteiger partial charge in [0.2, 0.25) is 5.95 Å². The van der Waals surface area contributed by atoms with Gasteiger partial charge in [-0.2, -0.15) is 4.98 Å². The minimum Gasteiger partial charge on any atom is -0.378 e. The number of nitrogen functional groups attached to an aromatic ring is 1. The zero-order valence-corrected chi connectivity index (χ0v) is 14.6. The van der Waals surface area contributed by atoms with E-state index >= 15 is 0 Å². The molecule has 4 rings (SSSR count). The lowest BCUT2D eigenvalue weighted by molar-refractivity contribution is 0.110. The molecule has 1 aliphatic heterocycles. The molecule has 2 aliphatic rings. The smallest absolute Gasteiger partial charge is 0.222 e. The number of hydrogen-bond donors (Lipinski definition) is 2. The maximum Gasteiger partial charge on any atom is 0.222 e. The average molecular weight is 355 g/mol. The third kappa shape index (κ3) is 3.15. The Morgan fingerprint density at radius 1 is 1.28 bits per heavy atom. The number of aliphatic hydroxyl groups is 1. The highest BCUT2D eigenvalue weighted by atomic mass is 35.5. The van der Waals surface area contributed by atoms with Crippen LogP contribution in [0.1, 0.15) is 36.8 Å². The quantitative estimate of drug-likeness (QED) is 0.770. The van der Waals surface area contributed by atoms with Gasteiger partial charge in [0, 0.05) is 17.8 Å². The summed E-state index contributed by atoms with van der Waals surface area (Å²) in [5.74, 6) is 7.01. The maximum atomic E-state index is 10.4. The molecule has 0 bridgehead atoms. The molecular weight excluding hydrogens is 336 g/mol. The molecule has 1 aromatic carbocycles. The second-order valence-electron chi connectivity index (χ2n) is 6.63. The molecule has 25 heavy (non-hydrogen) atoms. The number of aromatic nitrogens is 2. The molecule has 2 heterocycles. The number of nitrogens with two attached hydrogens (primary N) is 1. The maximum absolute atomic E-state index is 10.4. The largest absolute Gasteiger partial charge is 0.378 e. The highest BCUT2D eigenvalue weighted by molar-refractivity contribution is 6.33. The fourth-order valence-corrected chi connectivity index (χ4v) is 3.70. The predicted molar refractivity (Wildman–Crippen MR) is 98.9 cm³/mol. The minimum atomic E-state index is -0.830. The first kappa shape index (κ1) is 16.2. The third-order valence-electron chi connectivity index (χ3n) is 4.85. The molecule has 0 radical (unpaired) electrons. The zero-order valence-electron chi connectivity index (χ0n) is 13.8. The minimum absolute atomic E-state index is 0.201. The van der Waals surface area contributed by atoms with Gasteiger partial charge in [-0.1, -0.05) is 29.5 Å². The Morgan fingerprint density at radius 3 is 2.88 bits per heavy atom. The summed E-state index contributed by atoms with van der Waals surface area (Å²) in [6.07, 6.45) is 6.02. The lowest BCUT2D eigenvalue weighted by atomic mass is 10.0. The van der Waals surface area contributed by atoms with Gasteiger partial charge < -0.3 is 15.7 Å². The van der Waals surface area contributed by atoms with E-state index in [1.165, 1.54) is 11.8 Å². The van der Waals surface area contributed by atoms with Crippen LogP contribution in [0.25, 0.3) is 0 Å². The average Bonchev–Trinajstić information content (AvgIpc) is 3.22. The normalized spacial score (nSPS) is 17.9. The van der Waals surface area contributed by atoms with E-state index in [2.05, 4.69) is 27.9 Å². The van der Waals surface area contributed by atoms with Crippen LogP contribution < -0.4 is 10.6 Å². The Labute approximate surface area is 151 Å². The molecule has 6 heteroatoms. The number of halogens is 1. The molecule has 1 aliphatic carbocycles. The third-order valence-corrected chi connectivity index (χ3v) is 5.12. The summed E-state index contributed by atoms with van der Waals surface area (Å²) in [5.41, 5.74) is 8.02. The van der Waals surface area contributed by atoms with E-state index in [4.69, 9.17) is 17.3 Å². The molecule has 128 valence electrons. The fraction of sp³-hybridized carbons (Fsp3) is 0.368. The molecular formula is C19H19ClN4O. The van der Waals surface area contributed by atoms with Crippen LogP contribution >= 0.6 is 11.6 Å². The lowest BCUT2D eigenvalue weighted by Crippen LogP contribution is -2.20. The van der Waals surface area contributed by atoms with E-state index in [9.17, 15) is 5.11 Å². The molecule has 1 fully saturated rings. The van der Waals surface area contributed by atoms with Gasteiger partial charge in [0.05, 0.1) is 6.20 Å². The second kappa shape index (κ2) is 6.21. The SMILES string of the molecule is Nc1ncc(Cl)c(N2CCc3ccc(C#CC4(O)CCCC4)cc32)n1. The van der Waals surface area contributed by atoms with Crippen LogP contribution in [0.4, 0.5) is 17.5 Å². The van der Waals surface area contributed by atoms with Crippen molar-refractivity contribution in [2.45, 2.75) is 37.7 Å². The van der Waals surface area contributed by atoms with Gasteiger partial charge in [0.1, 0.15) is 10.6 Å². The second-order valence-corrected chi connectivity index (χ2v) is 7.04. The summed E-state index contributed by atoms with van der Waals surface area (Å²) in [4.78, 5) is 10.3. The Morgan fingerprint density at radius 2 is 2.08 bits per heavy atom. The molecule has 3 N–H and O–H groups in total. The van der Waals surface area contributed by atoms with Gasteiger partial charge in [0.25, 0.3) is 0 Å². The number of benzene rings is 1. The molecule has 5 nitrogen and oxygen atoms in total. The summed E-state index contributed by atoms with van der Waals surface area (Å²) in [7, 11) is 0. The summed E-state index contributed by atoms with van der Waals surface area (Å²) in [6.45, 7) is 0.784. The van der Waals surface area contributed by atoms with Crippen molar-refractivity contribution in [1.29, 1.82) is 0 Å². The van der Waals surface area contributed by atoms with E-state index in [0.717, 1.165) is 49.9 Å².